The number of amides is 1. The van der Waals surface area contributed by atoms with Gasteiger partial charge in [-0.3, -0.25) is 4.79 Å². The molecular formula is C21H22FN3O. The summed E-state index contributed by atoms with van der Waals surface area (Å²) < 4.78 is 13.2. The Kier molecular flexibility index (Phi) is 4.69. The second-order valence-electron chi connectivity index (χ2n) is 6.94. The third-order valence-corrected chi connectivity index (χ3v) is 5.09. The van der Waals surface area contributed by atoms with Crippen LogP contribution in [0, 0.1) is 5.82 Å². The molecule has 0 spiro atoms. The van der Waals surface area contributed by atoms with Gasteiger partial charge < -0.3 is 10.3 Å². The van der Waals surface area contributed by atoms with Gasteiger partial charge in [0.15, 0.2) is 0 Å². The largest absolute Gasteiger partial charge is 0.356 e. The Hall–Kier alpha value is -2.69. The van der Waals surface area contributed by atoms with E-state index < -0.39 is 0 Å². The van der Waals surface area contributed by atoms with E-state index in [0.29, 0.717) is 24.4 Å². The molecule has 0 bridgehead atoms. The van der Waals surface area contributed by atoms with Crippen LogP contribution >= 0.6 is 0 Å². The predicted octanol–water partition coefficient (Wildman–Crippen LogP) is 3.87. The molecular weight excluding hydrogens is 329 g/mol. The normalized spacial score (nSPS) is 16.0. The van der Waals surface area contributed by atoms with Crippen LogP contribution in [-0.4, -0.2) is 22.4 Å². The molecule has 1 heterocycles. The van der Waals surface area contributed by atoms with Crippen LogP contribution in [0.4, 0.5) is 4.39 Å². The lowest BCUT2D eigenvalue weighted by atomic mass is 9.97. The summed E-state index contributed by atoms with van der Waals surface area (Å²) in [7, 11) is 0. The maximum absolute atomic E-state index is 13.2. The molecule has 4 nitrogen and oxygen atoms in total. The number of carbonyl (C=O) groups is 1. The lowest BCUT2D eigenvalue weighted by molar-refractivity contribution is -0.121. The summed E-state index contributed by atoms with van der Waals surface area (Å²) in [5.41, 5.74) is 4.19. The minimum atomic E-state index is -0.270. The number of hydrogen-bond acceptors (Lipinski definition) is 2. The van der Waals surface area contributed by atoms with E-state index in [0.717, 1.165) is 37.0 Å². The number of imidazole rings is 1. The SMILES string of the molecule is O=C(C[C@@H]1CCc2ccccc21)NCCCc1nc2ccc(F)cc2[nH]1. The number of H-pyrrole nitrogens is 1. The summed E-state index contributed by atoms with van der Waals surface area (Å²) in [6, 6.07) is 13.0. The summed E-state index contributed by atoms with van der Waals surface area (Å²) in [5.74, 6) is 1.01. The highest BCUT2D eigenvalue weighted by molar-refractivity contribution is 5.77. The molecule has 26 heavy (non-hydrogen) atoms. The van der Waals surface area contributed by atoms with Crippen molar-refractivity contribution in [2.75, 3.05) is 6.54 Å². The van der Waals surface area contributed by atoms with Crippen molar-refractivity contribution in [2.45, 2.75) is 38.0 Å². The molecule has 2 N–H and O–H groups in total. The summed E-state index contributed by atoms with van der Waals surface area (Å²) >= 11 is 0. The van der Waals surface area contributed by atoms with Gasteiger partial charge in [-0.05, 0) is 54.5 Å². The standard InChI is InChI=1S/C21H22FN3O/c22-16-9-10-18-19(13-16)25-20(24-18)6-3-11-23-21(26)12-15-8-7-14-4-1-2-5-17(14)15/h1-2,4-5,9-10,13,15H,3,6-8,11-12H2,(H,23,26)(H,24,25)/t15-/m0/s1. The third-order valence-electron chi connectivity index (χ3n) is 5.09. The number of fused-ring (bicyclic) bond motifs is 2. The number of nitrogens with zero attached hydrogens (tertiary/aromatic N) is 1. The molecule has 134 valence electrons. The zero-order chi connectivity index (χ0) is 17.9. The first kappa shape index (κ1) is 16.8. The zero-order valence-corrected chi connectivity index (χ0v) is 14.6. The second kappa shape index (κ2) is 7.28. The fourth-order valence-corrected chi connectivity index (χ4v) is 3.79. The van der Waals surface area contributed by atoms with Crippen LogP contribution in [0.2, 0.25) is 0 Å². The van der Waals surface area contributed by atoms with Crippen molar-refractivity contribution in [2.24, 2.45) is 0 Å². The Morgan fingerprint density at radius 2 is 2.15 bits per heavy atom. The van der Waals surface area contributed by atoms with Crippen LogP contribution < -0.4 is 5.32 Å². The molecule has 1 aliphatic carbocycles. The van der Waals surface area contributed by atoms with Crippen molar-refractivity contribution in [3.63, 3.8) is 0 Å². The summed E-state index contributed by atoms with van der Waals surface area (Å²) in [5, 5.41) is 3.01. The van der Waals surface area contributed by atoms with Gasteiger partial charge in [0.05, 0.1) is 11.0 Å². The fourth-order valence-electron chi connectivity index (χ4n) is 3.79. The molecule has 0 unspecified atom stereocenters. The predicted molar refractivity (Wildman–Crippen MR) is 99.5 cm³/mol. The molecule has 5 heteroatoms. The summed E-state index contributed by atoms with van der Waals surface area (Å²) in [6.07, 6.45) is 4.21. The van der Waals surface area contributed by atoms with Crippen LogP contribution in [0.5, 0.6) is 0 Å². The molecule has 0 saturated carbocycles. The molecule has 1 amide bonds. The van der Waals surface area contributed by atoms with Gasteiger partial charge in [-0.2, -0.15) is 0 Å². The number of rotatable bonds is 6. The van der Waals surface area contributed by atoms with Crippen LogP contribution in [0.3, 0.4) is 0 Å². The third kappa shape index (κ3) is 3.62. The molecule has 0 radical (unpaired) electrons. The Labute approximate surface area is 151 Å². The molecule has 4 rings (SSSR count). The smallest absolute Gasteiger partial charge is 0.220 e. The van der Waals surface area contributed by atoms with E-state index in [1.54, 1.807) is 6.07 Å². The second-order valence-corrected chi connectivity index (χ2v) is 6.94. The highest BCUT2D eigenvalue weighted by atomic mass is 19.1. The lowest BCUT2D eigenvalue weighted by Crippen LogP contribution is -2.26. The summed E-state index contributed by atoms with van der Waals surface area (Å²) in [6.45, 7) is 0.624. The van der Waals surface area contributed by atoms with Crippen molar-refractivity contribution in [1.29, 1.82) is 0 Å². The van der Waals surface area contributed by atoms with Gasteiger partial charge in [-0.15, -0.1) is 0 Å². The molecule has 3 aromatic rings. The summed E-state index contributed by atoms with van der Waals surface area (Å²) in [4.78, 5) is 19.8. The van der Waals surface area contributed by atoms with Gasteiger partial charge in [0, 0.05) is 19.4 Å². The van der Waals surface area contributed by atoms with E-state index in [-0.39, 0.29) is 11.7 Å². The minimum Gasteiger partial charge on any atom is -0.356 e. The Morgan fingerprint density at radius 1 is 1.27 bits per heavy atom. The van der Waals surface area contributed by atoms with E-state index >= 15 is 0 Å². The van der Waals surface area contributed by atoms with Crippen LogP contribution in [0.25, 0.3) is 11.0 Å². The highest BCUT2D eigenvalue weighted by Crippen LogP contribution is 2.35. The lowest BCUT2D eigenvalue weighted by Gasteiger charge is -2.11. The number of carbonyl (C=O) groups excluding carboxylic acids is 1. The zero-order valence-electron chi connectivity index (χ0n) is 14.6. The van der Waals surface area contributed by atoms with Crippen LogP contribution in [0.1, 0.15) is 42.1 Å². The molecule has 0 saturated heterocycles. The molecule has 1 aromatic heterocycles. The minimum absolute atomic E-state index is 0.110. The molecule has 0 fully saturated rings. The fraction of sp³-hybridized carbons (Fsp3) is 0.333. The maximum atomic E-state index is 13.2. The van der Waals surface area contributed by atoms with E-state index in [1.807, 2.05) is 6.07 Å². The molecule has 0 aliphatic heterocycles. The monoisotopic (exact) mass is 351 g/mol. The average Bonchev–Trinajstić information content (AvgIpc) is 3.22. The highest BCUT2D eigenvalue weighted by Gasteiger charge is 2.23. The maximum Gasteiger partial charge on any atom is 0.220 e. The van der Waals surface area contributed by atoms with Crippen molar-refractivity contribution < 1.29 is 9.18 Å². The van der Waals surface area contributed by atoms with Gasteiger partial charge in [-0.25, -0.2) is 9.37 Å². The Bertz CT molecular complexity index is 934. The molecule has 2 aromatic carbocycles. The van der Waals surface area contributed by atoms with E-state index in [2.05, 4.69) is 33.5 Å². The first-order valence-corrected chi connectivity index (χ1v) is 9.18. The number of benzene rings is 2. The van der Waals surface area contributed by atoms with E-state index in [9.17, 15) is 9.18 Å². The quantitative estimate of drug-likeness (QED) is 0.662. The van der Waals surface area contributed by atoms with Crippen molar-refractivity contribution in [3.8, 4) is 0 Å². The molecule has 1 atom stereocenters. The first-order chi connectivity index (χ1) is 12.7. The van der Waals surface area contributed by atoms with Crippen LogP contribution in [-0.2, 0) is 17.6 Å². The number of nitrogens with one attached hydrogen (secondary N) is 2. The number of aromatic amines is 1. The number of hydrogen-bond donors (Lipinski definition) is 2. The number of halogens is 1. The number of aryl methyl sites for hydroxylation is 2. The average molecular weight is 351 g/mol. The van der Waals surface area contributed by atoms with Crippen molar-refractivity contribution in [3.05, 3.63) is 65.2 Å². The topological polar surface area (TPSA) is 57.8 Å². The van der Waals surface area contributed by atoms with Crippen molar-refractivity contribution in [1.82, 2.24) is 15.3 Å². The Balaban J connectivity index is 1.24. The first-order valence-electron chi connectivity index (χ1n) is 9.18. The van der Waals surface area contributed by atoms with Gasteiger partial charge in [0.25, 0.3) is 0 Å². The van der Waals surface area contributed by atoms with Gasteiger partial charge in [0.2, 0.25) is 5.91 Å². The van der Waals surface area contributed by atoms with Gasteiger partial charge in [0.1, 0.15) is 11.6 Å². The van der Waals surface area contributed by atoms with Gasteiger partial charge >= 0.3 is 0 Å². The van der Waals surface area contributed by atoms with E-state index in [4.69, 9.17) is 0 Å². The molecule has 1 aliphatic rings. The van der Waals surface area contributed by atoms with Crippen LogP contribution in [0.15, 0.2) is 42.5 Å². The van der Waals surface area contributed by atoms with Gasteiger partial charge in [-0.1, -0.05) is 24.3 Å². The Morgan fingerprint density at radius 3 is 3.08 bits per heavy atom. The number of aromatic nitrogens is 2. The van der Waals surface area contributed by atoms with Crippen molar-refractivity contribution >= 4 is 16.9 Å². The van der Waals surface area contributed by atoms with E-state index in [1.165, 1.54) is 23.3 Å².